The molecular formula is C19H22N2O3. The molecule has 0 aromatic heterocycles. The Kier molecular flexibility index (Phi) is 4.89. The highest BCUT2D eigenvalue weighted by Gasteiger charge is 2.16. The molecule has 1 aliphatic heterocycles. The lowest BCUT2D eigenvalue weighted by molar-refractivity contribution is -0.115. The minimum Gasteiger partial charge on any atom is -0.486 e. The summed E-state index contributed by atoms with van der Waals surface area (Å²) in [5.41, 5.74) is 1.74. The second-order valence-corrected chi connectivity index (χ2v) is 5.96. The van der Waals surface area contributed by atoms with Crippen molar-refractivity contribution < 1.29 is 14.3 Å². The molecule has 1 N–H and O–H groups in total. The third kappa shape index (κ3) is 3.79. The van der Waals surface area contributed by atoms with Gasteiger partial charge >= 0.3 is 0 Å². The van der Waals surface area contributed by atoms with Gasteiger partial charge in [0.1, 0.15) is 13.2 Å². The molecule has 0 fully saturated rings. The Bertz CT molecular complexity index is 701. The highest BCUT2D eigenvalue weighted by Crippen LogP contribution is 2.32. The molecule has 1 aliphatic rings. The maximum atomic E-state index is 12.4. The first-order valence-electron chi connectivity index (χ1n) is 8.14. The van der Waals surface area contributed by atoms with Crippen LogP contribution >= 0.6 is 0 Å². The quantitative estimate of drug-likeness (QED) is 0.916. The number of hydrogen-bond donors (Lipinski definition) is 1. The largest absolute Gasteiger partial charge is 0.486 e. The van der Waals surface area contributed by atoms with Crippen LogP contribution in [0.1, 0.15) is 13.8 Å². The van der Waals surface area contributed by atoms with Crippen molar-refractivity contribution in [3.8, 4) is 11.5 Å². The van der Waals surface area contributed by atoms with Gasteiger partial charge in [0, 0.05) is 23.5 Å². The van der Waals surface area contributed by atoms with Gasteiger partial charge in [-0.05, 0) is 38.1 Å². The van der Waals surface area contributed by atoms with Gasteiger partial charge in [0.25, 0.3) is 0 Å². The second kappa shape index (κ2) is 7.25. The van der Waals surface area contributed by atoms with Crippen molar-refractivity contribution in [2.24, 2.45) is 0 Å². The maximum Gasteiger partial charge on any atom is 0.243 e. The van der Waals surface area contributed by atoms with E-state index in [9.17, 15) is 4.79 Å². The topological polar surface area (TPSA) is 50.8 Å². The van der Waals surface area contributed by atoms with Gasteiger partial charge in [-0.15, -0.1) is 0 Å². The SMILES string of the molecule is CC(C)N(CC(=O)Nc1ccc2c(c1)OCCO2)c1ccccc1. The fraction of sp³-hybridized carbons (Fsp3) is 0.316. The molecule has 0 atom stereocenters. The Balaban J connectivity index is 1.68. The minimum absolute atomic E-state index is 0.0655. The maximum absolute atomic E-state index is 12.4. The number of rotatable bonds is 5. The molecule has 126 valence electrons. The third-order valence-electron chi connectivity index (χ3n) is 3.85. The zero-order valence-corrected chi connectivity index (χ0v) is 14.0. The molecule has 0 saturated carbocycles. The normalized spacial score (nSPS) is 12.8. The van der Waals surface area contributed by atoms with Crippen LogP contribution in [-0.2, 0) is 4.79 Å². The lowest BCUT2D eigenvalue weighted by Gasteiger charge is -2.28. The van der Waals surface area contributed by atoms with Crippen molar-refractivity contribution in [2.75, 3.05) is 30.0 Å². The zero-order chi connectivity index (χ0) is 16.9. The summed E-state index contributed by atoms with van der Waals surface area (Å²) in [6.07, 6.45) is 0. The molecule has 0 bridgehead atoms. The number of ether oxygens (including phenoxy) is 2. The van der Waals surface area contributed by atoms with Gasteiger partial charge < -0.3 is 19.7 Å². The van der Waals surface area contributed by atoms with Gasteiger partial charge in [0.2, 0.25) is 5.91 Å². The fourth-order valence-electron chi connectivity index (χ4n) is 2.67. The number of hydrogen-bond acceptors (Lipinski definition) is 4. The predicted molar refractivity (Wildman–Crippen MR) is 95.0 cm³/mol. The van der Waals surface area contributed by atoms with Crippen LogP contribution in [0, 0.1) is 0 Å². The summed E-state index contributed by atoms with van der Waals surface area (Å²) in [7, 11) is 0. The molecule has 1 heterocycles. The van der Waals surface area contributed by atoms with Gasteiger partial charge in [-0.1, -0.05) is 18.2 Å². The zero-order valence-electron chi connectivity index (χ0n) is 14.0. The molecular weight excluding hydrogens is 304 g/mol. The van der Waals surface area contributed by atoms with E-state index in [-0.39, 0.29) is 18.5 Å². The summed E-state index contributed by atoms with van der Waals surface area (Å²) in [4.78, 5) is 14.5. The summed E-state index contributed by atoms with van der Waals surface area (Å²) in [6, 6.07) is 15.6. The van der Waals surface area contributed by atoms with Crippen LogP contribution in [0.15, 0.2) is 48.5 Å². The van der Waals surface area contributed by atoms with Gasteiger partial charge in [-0.2, -0.15) is 0 Å². The van der Waals surface area contributed by atoms with Crippen molar-refractivity contribution in [3.05, 3.63) is 48.5 Å². The van der Waals surface area contributed by atoms with Crippen molar-refractivity contribution in [2.45, 2.75) is 19.9 Å². The first-order chi connectivity index (χ1) is 11.6. The summed E-state index contributed by atoms with van der Waals surface area (Å²) in [5, 5.41) is 2.93. The van der Waals surface area contributed by atoms with Crippen LogP contribution in [-0.4, -0.2) is 31.7 Å². The van der Waals surface area contributed by atoms with E-state index in [2.05, 4.69) is 24.1 Å². The Morgan fingerprint density at radius 1 is 1.08 bits per heavy atom. The number of benzene rings is 2. The predicted octanol–water partition coefficient (Wildman–Crippen LogP) is 3.31. The molecule has 0 unspecified atom stereocenters. The van der Waals surface area contributed by atoms with Gasteiger partial charge in [0.05, 0.1) is 6.54 Å². The molecule has 5 heteroatoms. The lowest BCUT2D eigenvalue weighted by Crippen LogP contribution is -2.38. The molecule has 2 aromatic rings. The number of anilines is 2. The molecule has 24 heavy (non-hydrogen) atoms. The van der Waals surface area contributed by atoms with Crippen LogP contribution in [0.3, 0.4) is 0 Å². The summed E-state index contributed by atoms with van der Waals surface area (Å²) < 4.78 is 11.0. The van der Waals surface area contributed by atoms with Crippen LogP contribution in [0.4, 0.5) is 11.4 Å². The molecule has 0 aliphatic carbocycles. The van der Waals surface area contributed by atoms with E-state index >= 15 is 0 Å². The standard InChI is InChI=1S/C19H22N2O3/c1-14(2)21(16-6-4-3-5-7-16)13-19(22)20-15-8-9-17-18(12-15)24-11-10-23-17/h3-9,12,14H,10-11,13H2,1-2H3,(H,20,22). The average Bonchev–Trinajstić information content (AvgIpc) is 2.60. The second-order valence-electron chi connectivity index (χ2n) is 5.96. The Morgan fingerprint density at radius 3 is 2.50 bits per heavy atom. The summed E-state index contributed by atoms with van der Waals surface area (Å²) in [5.74, 6) is 1.32. The molecule has 5 nitrogen and oxygen atoms in total. The number of nitrogens with zero attached hydrogens (tertiary/aromatic N) is 1. The Hall–Kier alpha value is -2.69. The molecule has 1 amide bonds. The molecule has 3 rings (SSSR count). The van der Waals surface area contributed by atoms with E-state index in [4.69, 9.17) is 9.47 Å². The fourth-order valence-corrected chi connectivity index (χ4v) is 2.67. The van der Waals surface area contributed by atoms with Crippen LogP contribution < -0.4 is 19.7 Å². The van der Waals surface area contributed by atoms with Crippen molar-refractivity contribution in [1.29, 1.82) is 0 Å². The van der Waals surface area contributed by atoms with Crippen LogP contribution in [0.5, 0.6) is 11.5 Å². The molecule has 0 saturated heterocycles. The van der Waals surface area contributed by atoms with Crippen LogP contribution in [0.2, 0.25) is 0 Å². The molecule has 2 aromatic carbocycles. The number of amides is 1. The monoisotopic (exact) mass is 326 g/mol. The third-order valence-corrected chi connectivity index (χ3v) is 3.85. The first-order valence-corrected chi connectivity index (χ1v) is 8.14. The Labute approximate surface area is 142 Å². The highest BCUT2D eigenvalue weighted by molar-refractivity contribution is 5.94. The highest BCUT2D eigenvalue weighted by atomic mass is 16.6. The lowest BCUT2D eigenvalue weighted by atomic mass is 10.2. The Morgan fingerprint density at radius 2 is 1.79 bits per heavy atom. The summed E-state index contributed by atoms with van der Waals surface area (Å²) >= 11 is 0. The average molecular weight is 326 g/mol. The minimum atomic E-state index is -0.0655. The van der Waals surface area contributed by atoms with Crippen LogP contribution in [0.25, 0.3) is 0 Å². The van der Waals surface area contributed by atoms with E-state index in [1.807, 2.05) is 42.5 Å². The van der Waals surface area contributed by atoms with Gasteiger partial charge in [-0.25, -0.2) is 0 Å². The number of para-hydroxylation sites is 1. The smallest absolute Gasteiger partial charge is 0.243 e. The van der Waals surface area contributed by atoms with E-state index < -0.39 is 0 Å². The van der Waals surface area contributed by atoms with E-state index in [0.29, 0.717) is 30.4 Å². The van der Waals surface area contributed by atoms with E-state index in [0.717, 1.165) is 5.69 Å². The van der Waals surface area contributed by atoms with Gasteiger partial charge in [0.15, 0.2) is 11.5 Å². The van der Waals surface area contributed by atoms with E-state index in [1.165, 1.54) is 0 Å². The number of carbonyl (C=O) groups is 1. The molecule has 0 spiro atoms. The van der Waals surface area contributed by atoms with Crippen molar-refractivity contribution in [1.82, 2.24) is 0 Å². The first kappa shape index (κ1) is 16.2. The number of fused-ring (bicyclic) bond motifs is 1. The van der Waals surface area contributed by atoms with Gasteiger partial charge in [-0.3, -0.25) is 4.79 Å². The number of nitrogens with one attached hydrogen (secondary N) is 1. The number of carbonyl (C=O) groups excluding carboxylic acids is 1. The molecule has 0 radical (unpaired) electrons. The van der Waals surface area contributed by atoms with Crippen molar-refractivity contribution in [3.63, 3.8) is 0 Å². The van der Waals surface area contributed by atoms with E-state index in [1.54, 1.807) is 6.07 Å². The van der Waals surface area contributed by atoms with Crippen molar-refractivity contribution >= 4 is 17.3 Å². The summed E-state index contributed by atoms with van der Waals surface area (Å²) in [6.45, 7) is 5.52.